The number of aliphatic hydroxyl groups excluding tert-OH is 1. The first-order valence-electron chi connectivity index (χ1n) is 13.0. The first kappa shape index (κ1) is 24.9. The van der Waals surface area contributed by atoms with Gasteiger partial charge in [-0.1, -0.05) is 35.9 Å². The molecule has 5 atom stereocenters. The number of aromatic nitrogens is 2. The minimum atomic E-state index is -1.22. The van der Waals surface area contributed by atoms with Gasteiger partial charge in [-0.25, -0.2) is 14.9 Å². The summed E-state index contributed by atoms with van der Waals surface area (Å²) in [4.78, 5) is 37.7. The highest BCUT2D eigenvalue weighted by Crippen LogP contribution is 2.62. The van der Waals surface area contributed by atoms with Crippen molar-refractivity contribution in [2.75, 3.05) is 11.5 Å². The van der Waals surface area contributed by atoms with Crippen molar-refractivity contribution in [3.63, 3.8) is 0 Å². The van der Waals surface area contributed by atoms with Gasteiger partial charge in [0, 0.05) is 28.6 Å². The summed E-state index contributed by atoms with van der Waals surface area (Å²) in [5.41, 5.74) is -0.785. The highest BCUT2D eigenvalue weighted by Gasteiger charge is 2.77. The number of carbonyl (C=O) groups is 2. The van der Waals surface area contributed by atoms with Crippen LogP contribution in [0, 0.1) is 23.2 Å². The number of aliphatic hydroxyl groups is 1. The molecule has 9 nitrogen and oxygen atoms in total. The normalized spacial score (nSPS) is 28.9. The van der Waals surface area contributed by atoms with E-state index in [0.29, 0.717) is 43.8 Å². The molecule has 3 fully saturated rings. The van der Waals surface area contributed by atoms with Crippen LogP contribution in [0.3, 0.4) is 0 Å². The molecule has 40 heavy (non-hydrogen) atoms. The van der Waals surface area contributed by atoms with Crippen molar-refractivity contribution in [2.24, 2.45) is 11.8 Å². The summed E-state index contributed by atoms with van der Waals surface area (Å²) in [5, 5.41) is 23.2. The number of nitriles is 1. The van der Waals surface area contributed by atoms with Crippen molar-refractivity contribution in [1.29, 1.82) is 5.26 Å². The Labute approximate surface area is 233 Å². The molecule has 7 rings (SSSR count). The number of anilines is 1. The second-order valence-electron chi connectivity index (χ2n) is 10.8. The van der Waals surface area contributed by atoms with Crippen LogP contribution in [0.4, 0.5) is 5.69 Å². The van der Waals surface area contributed by atoms with Crippen LogP contribution in [0.25, 0.3) is 21.7 Å². The lowest BCUT2D eigenvalue weighted by atomic mass is 9.66. The number of halogens is 1. The molecular formula is C30H23ClN4O5. The number of carbonyl (C=O) groups excluding carboxylic acids is 2. The Morgan fingerprint density at radius 3 is 2.67 bits per heavy atom. The monoisotopic (exact) mass is 554 g/mol. The predicted octanol–water partition coefficient (Wildman–Crippen LogP) is 4.18. The van der Waals surface area contributed by atoms with Gasteiger partial charge in [-0.15, -0.1) is 0 Å². The van der Waals surface area contributed by atoms with E-state index in [2.05, 4.69) is 16.0 Å². The van der Waals surface area contributed by atoms with E-state index in [0.717, 1.165) is 0 Å². The van der Waals surface area contributed by atoms with E-state index < -0.39 is 35.0 Å². The quantitative estimate of drug-likeness (QED) is 0.364. The Kier molecular flexibility index (Phi) is 5.42. The number of nitrogens with zero attached hydrogens (tertiary/aromatic N) is 4. The molecule has 4 aromatic rings. The minimum absolute atomic E-state index is 0.141. The van der Waals surface area contributed by atoms with Gasteiger partial charge in [0.05, 0.1) is 58.4 Å². The third kappa shape index (κ3) is 3.33. The molecule has 0 spiro atoms. The molecule has 3 aromatic carbocycles. The molecule has 2 bridgehead atoms. The van der Waals surface area contributed by atoms with Crippen LogP contribution in [0.15, 0.2) is 60.9 Å². The lowest BCUT2D eigenvalue weighted by Gasteiger charge is -2.33. The first-order chi connectivity index (χ1) is 19.3. The van der Waals surface area contributed by atoms with Gasteiger partial charge >= 0.3 is 0 Å². The van der Waals surface area contributed by atoms with E-state index in [1.807, 2.05) is 6.07 Å². The number of amides is 2. The summed E-state index contributed by atoms with van der Waals surface area (Å²) < 4.78 is 12.5. The van der Waals surface area contributed by atoms with Gasteiger partial charge in [-0.2, -0.15) is 5.26 Å². The van der Waals surface area contributed by atoms with E-state index in [1.165, 1.54) is 11.2 Å². The van der Waals surface area contributed by atoms with Gasteiger partial charge in [-0.3, -0.25) is 9.59 Å². The molecule has 3 aliphatic heterocycles. The van der Waals surface area contributed by atoms with E-state index in [9.17, 15) is 20.0 Å². The number of ether oxygens (including phenoxy) is 2. The highest BCUT2D eigenvalue weighted by molar-refractivity contribution is 6.31. The van der Waals surface area contributed by atoms with Gasteiger partial charge in [0.1, 0.15) is 11.9 Å². The number of rotatable bonds is 5. The standard InChI is InChI=1S/C30H23ClN4O5/c1-29-23(36)13-30(40-29,10-11-39-26-20-8-7-17(31)12-21(20)33-15-34-26)25-24(29)27(37)35(28(25)38)22-9-6-16(14-32)18-4-2-3-5-19(18)22/h2-9,12,15,23-25,36H,10-11,13H2,1H3. The fourth-order valence-corrected chi connectivity index (χ4v) is 7.04. The third-order valence-corrected chi connectivity index (χ3v) is 8.94. The zero-order valence-corrected chi connectivity index (χ0v) is 22.1. The Morgan fingerprint density at radius 1 is 1.10 bits per heavy atom. The number of hydrogen-bond acceptors (Lipinski definition) is 8. The van der Waals surface area contributed by atoms with Crippen LogP contribution in [-0.2, 0) is 14.3 Å². The fraction of sp³-hybridized carbons (Fsp3) is 0.300. The van der Waals surface area contributed by atoms with Crippen molar-refractivity contribution in [1.82, 2.24) is 9.97 Å². The van der Waals surface area contributed by atoms with Crippen LogP contribution in [0.2, 0.25) is 5.02 Å². The lowest BCUT2D eigenvalue weighted by Crippen LogP contribution is -2.49. The van der Waals surface area contributed by atoms with Gasteiger partial charge in [0.25, 0.3) is 0 Å². The average molecular weight is 555 g/mol. The minimum Gasteiger partial charge on any atom is -0.477 e. The molecule has 2 amide bonds. The van der Waals surface area contributed by atoms with Crippen molar-refractivity contribution in [3.05, 3.63) is 71.5 Å². The molecule has 3 saturated heterocycles. The maximum atomic E-state index is 14.1. The molecule has 0 radical (unpaired) electrons. The molecule has 1 N–H and O–H groups in total. The summed E-state index contributed by atoms with van der Waals surface area (Å²) in [7, 11) is 0. The molecule has 3 aliphatic rings. The van der Waals surface area contributed by atoms with Crippen LogP contribution in [0.1, 0.15) is 25.3 Å². The van der Waals surface area contributed by atoms with Crippen LogP contribution < -0.4 is 9.64 Å². The molecule has 1 aromatic heterocycles. The Morgan fingerprint density at radius 2 is 1.88 bits per heavy atom. The first-order valence-corrected chi connectivity index (χ1v) is 13.4. The number of hydrogen-bond donors (Lipinski definition) is 1. The second kappa shape index (κ2) is 8.70. The predicted molar refractivity (Wildman–Crippen MR) is 146 cm³/mol. The molecular weight excluding hydrogens is 532 g/mol. The maximum Gasteiger partial charge on any atom is 0.240 e. The molecule has 10 heteroatoms. The van der Waals surface area contributed by atoms with Crippen LogP contribution in [0.5, 0.6) is 5.88 Å². The van der Waals surface area contributed by atoms with E-state index >= 15 is 0 Å². The van der Waals surface area contributed by atoms with Crippen molar-refractivity contribution in [3.8, 4) is 11.9 Å². The average Bonchev–Trinajstić information content (AvgIpc) is 3.48. The third-order valence-electron chi connectivity index (χ3n) is 8.70. The zero-order valence-electron chi connectivity index (χ0n) is 21.4. The topological polar surface area (TPSA) is 126 Å². The van der Waals surface area contributed by atoms with Gasteiger partial charge in [0.2, 0.25) is 17.7 Å². The number of benzene rings is 3. The zero-order chi connectivity index (χ0) is 27.8. The summed E-state index contributed by atoms with van der Waals surface area (Å²) in [6, 6.07) is 17.9. The fourth-order valence-electron chi connectivity index (χ4n) is 6.88. The SMILES string of the molecule is CC12OC(CCOc3ncnc4cc(Cl)ccc34)(CC1O)C1C(=O)N(c3ccc(C#N)c4ccccc34)C(=O)C12. The van der Waals surface area contributed by atoms with Crippen molar-refractivity contribution < 1.29 is 24.2 Å². The van der Waals surface area contributed by atoms with Crippen LogP contribution >= 0.6 is 11.6 Å². The van der Waals surface area contributed by atoms with Gasteiger partial charge in [-0.05, 0) is 37.3 Å². The maximum absolute atomic E-state index is 14.1. The Bertz CT molecular complexity index is 1790. The van der Waals surface area contributed by atoms with Gasteiger partial charge in [0.15, 0.2) is 0 Å². The summed E-state index contributed by atoms with van der Waals surface area (Å²) >= 11 is 6.09. The van der Waals surface area contributed by atoms with Crippen LogP contribution in [-0.4, -0.2) is 50.8 Å². The Balaban J connectivity index is 1.22. The number of fused-ring (bicyclic) bond motifs is 7. The molecule has 0 saturated carbocycles. The second-order valence-corrected chi connectivity index (χ2v) is 11.2. The van der Waals surface area contributed by atoms with Gasteiger partial charge < -0.3 is 14.6 Å². The van der Waals surface area contributed by atoms with Crippen molar-refractivity contribution in [2.45, 2.75) is 37.1 Å². The van der Waals surface area contributed by atoms with E-state index in [1.54, 1.807) is 55.5 Å². The lowest BCUT2D eigenvalue weighted by molar-refractivity contribution is -0.134. The largest absolute Gasteiger partial charge is 0.477 e. The van der Waals surface area contributed by atoms with Crippen molar-refractivity contribution >= 4 is 50.8 Å². The summed E-state index contributed by atoms with van der Waals surface area (Å²) in [6.45, 7) is 1.85. The highest BCUT2D eigenvalue weighted by atomic mass is 35.5. The Hall–Kier alpha value is -4.10. The van der Waals surface area contributed by atoms with E-state index in [4.69, 9.17) is 21.1 Å². The molecule has 5 unspecified atom stereocenters. The molecule has 4 heterocycles. The van der Waals surface area contributed by atoms with E-state index in [-0.39, 0.29) is 25.4 Å². The molecule has 200 valence electrons. The molecule has 0 aliphatic carbocycles. The smallest absolute Gasteiger partial charge is 0.240 e. The summed E-state index contributed by atoms with van der Waals surface area (Å²) in [6.07, 6.45) is 0.935. The number of imide groups is 1. The summed E-state index contributed by atoms with van der Waals surface area (Å²) in [5.74, 6) is -2.05.